The quantitative estimate of drug-likeness (QED) is 0.674. The number of aromatic carboxylic acids is 2. The Kier molecular flexibility index (Phi) is 3.52. The van der Waals surface area contributed by atoms with E-state index in [1.54, 1.807) is 6.92 Å². The first-order valence-electron chi connectivity index (χ1n) is 4.76. The molecule has 0 fully saturated rings. The number of carbonyl (C=O) groups excluding carboxylic acids is 1. The summed E-state index contributed by atoms with van der Waals surface area (Å²) < 4.78 is 4.68. The van der Waals surface area contributed by atoms with Crippen molar-refractivity contribution in [1.29, 1.82) is 0 Å². The highest BCUT2D eigenvalue weighted by Gasteiger charge is 2.27. The first-order valence-corrected chi connectivity index (χ1v) is 4.76. The van der Waals surface area contributed by atoms with E-state index in [1.807, 2.05) is 0 Å². The zero-order valence-electron chi connectivity index (χ0n) is 9.23. The highest BCUT2D eigenvalue weighted by atomic mass is 16.5. The Labute approximate surface area is 96.0 Å². The average molecular weight is 241 g/mol. The second-order valence-corrected chi connectivity index (χ2v) is 3.21. The lowest BCUT2D eigenvalue weighted by atomic mass is 10.1. The molecule has 7 nitrogen and oxygen atoms in total. The Hall–Kier alpha value is -2.31. The summed E-state index contributed by atoms with van der Waals surface area (Å²) in [5.74, 6) is -3.60. The third kappa shape index (κ3) is 2.27. The smallest absolute Gasteiger partial charge is 0.353 e. The number of hydrogen-bond acceptors (Lipinski definition) is 4. The van der Waals surface area contributed by atoms with Crippen LogP contribution in [-0.2, 0) is 4.74 Å². The molecule has 1 heterocycles. The molecule has 1 rings (SSSR count). The number of aromatic nitrogens is 1. The van der Waals surface area contributed by atoms with Gasteiger partial charge in [-0.05, 0) is 19.4 Å². The summed E-state index contributed by atoms with van der Waals surface area (Å²) in [4.78, 5) is 35.4. The van der Waals surface area contributed by atoms with Crippen LogP contribution in [0.4, 0.5) is 0 Å². The second-order valence-electron chi connectivity index (χ2n) is 3.21. The number of ether oxygens (including phenoxy) is 1. The van der Waals surface area contributed by atoms with Crippen LogP contribution in [0, 0.1) is 6.92 Å². The Morgan fingerprint density at radius 3 is 2.12 bits per heavy atom. The van der Waals surface area contributed by atoms with E-state index in [2.05, 4.69) is 9.72 Å². The summed E-state index contributed by atoms with van der Waals surface area (Å²) in [5, 5.41) is 17.7. The van der Waals surface area contributed by atoms with Gasteiger partial charge in [-0.15, -0.1) is 0 Å². The third-order valence-corrected chi connectivity index (χ3v) is 2.16. The standard InChI is InChI=1S/C10H11NO6/c1-3-17-10(16)5-4(2)6(8(12)13)11-7(5)9(14)15/h11H,3H2,1-2H3,(H,12,13)(H,14,15). The van der Waals surface area contributed by atoms with Gasteiger partial charge in [0.05, 0.1) is 12.2 Å². The minimum Gasteiger partial charge on any atom is -0.477 e. The third-order valence-electron chi connectivity index (χ3n) is 2.16. The van der Waals surface area contributed by atoms with Crippen molar-refractivity contribution >= 4 is 17.9 Å². The minimum absolute atomic E-state index is 0.0494. The summed E-state index contributed by atoms with van der Waals surface area (Å²) in [6, 6.07) is 0. The van der Waals surface area contributed by atoms with E-state index < -0.39 is 23.6 Å². The van der Waals surface area contributed by atoms with Gasteiger partial charge in [0.15, 0.2) is 0 Å². The summed E-state index contributed by atoms with van der Waals surface area (Å²) in [6.45, 7) is 2.99. The number of aromatic amines is 1. The highest BCUT2D eigenvalue weighted by Crippen LogP contribution is 2.19. The second kappa shape index (κ2) is 4.69. The van der Waals surface area contributed by atoms with Crippen LogP contribution in [0.25, 0.3) is 0 Å². The minimum atomic E-state index is -1.41. The van der Waals surface area contributed by atoms with Gasteiger partial charge in [-0.3, -0.25) is 0 Å². The van der Waals surface area contributed by atoms with E-state index in [0.717, 1.165) is 0 Å². The fraction of sp³-hybridized carbons (Fsp3) is 0.300. The molecular weight excluding hydrogens is 230 g/mol. The first kappa shape index (κ1) is 12.8. The van der Waals surface area contributed by atoms with Gasteiger partial charge in [0, 0.05) is 0 Å². The normalized spacial score (nSPS) is 10.0. The van der Waals surface area contributed by atoms with Crippen LogP contribution in [0.5, 0.6) is 0 Å². The molecule has 0 aliphatic rings. The number of esters is 1. The molecule has 0 unspecified atom stereocenters. The fourth-order valence-corrected chi connectivity index (χ4v) is 1.43. The van der Waals surface area contributed by atoms with Crippen molar-refractivity contribution in [3.05, 3.63) is 22.5 Å². The van der Waals surface area contributed by atoms with Crippen LogP contribution in [-0.4, -0.2) is 39.7 Å². The Balaban J connectivity index is 3.40. The van der Waals surface area contributed by atoms with Crippen molar-refractivity contribution in [1.82, 2.24) is 4.98 Å². The van der Waals surface area contributed by atoms with E-state index in [4.69, 9.17) is 10.2 Å². The number of carboxylic acid groups (broad SMARTS) is 2. The van der Waals surface area contributed by atoms with Crippen LogP contribution >= 0.6 is 0 Å². The molecule has 7 heteroatoms. The van der Waals surface area contributed by atoms with Gasteiger partial charge in [-0.25, -0.2) is 14.4 Å². The molecule has 0 amide bonds. The van der Waals surface area contributed by atoms with E-state index >= 15 is 0 Å². The number of nitrogens with one attached hydrogen (secondary N) is 1. The number of carbonyl (C=O) groups is 3. The average Bonchev–Trinajstić information content (AvgIpc) is 2.56. The number of carboxylic acids is 2. The topological polar surface area (TPSA) is 117 Å². The SMILES string of the molecule is CCOC(=O)c1c(C(=O)O)[nH]c(C(=O)O)c1C. The molecule has 0 aliphatic heterocycles. The number of H-pyrrole nitrogens is 1. The number of rotatable bonds is 4. The zero-order chi connectivity index (χ0) is 13.2. The van der Waals surface area contributed by atoms with Gasteiger partial charge in [0.2, 0.25) is 0 Å². The molecule has 0 aliphatic carbocycles. The van der Waals surface area contributed by atoms with Crippen molar-refractivity contribution in [2.45, 2.75) is 13.8 Å². The Morgan fingerprint density at radius 1 is 1.18 bits per heavy atom. The van der Waals surface area contributed by atoms with Crippen LogP contribution < -0.4 is 0 Å². The van der Waals surface area contributed by atoms with Crippen LogP contribution in [0.15, 0.2) is 0 Å². The van der Waals surface area contributed by atoms with Crippen molar-refractivity contribution < 1.29 is 29.3 Å². The number of hydrogen-bond donors (Lipinski definition) is 3. The molecule has 3 N–H and O–H groups in total. The summed E-state index contributed by atoms with van der Waals surface area (Å²) in [7, 11) is 0. The maximum atomic E-state index is 11.5. The first-order chi connectivity index (χ1) is 7.90. The van der Waals surface area contributed by atoms with Crippen LogP contribution in [0.1, 0.15) is 43.8 Å². The van der Waals surface area contributed by atoms with Crippen molar-refractivity contribution in [3.8, 4) is 0 Å². The van der Waals surface area contributed by atoms with Crippen molar-refractivity contribution in [2.24, 2.45) is 0 Å². The van der Waals surface area contributed by atoms with Gasteiger partial charge in [-0.2, -0.15) is 0 Å². The fourth-order valence-electron chi connectivity index (χ4n) is 1.43. The molecule has 1 aromatic heterocycles. The molecule has 0 bridgehead atoms. The molecule has 92 valence electrons. The van der Waals surface area contributed by atoms with Crippen LogP contribution in [0.2, 0.25) is 0 Å². The van der Waals surface area contributed by atoms with E-state index in [9.17, 15) is 14.4 Å². The molecule has 0 radical (unpaired) electrons. The molecule has 0 spiro atoms. The lowest BCUT2D eigenvalue weighted by molar-refractivity contribution is 0.0513. The van der Waals surface area contributed by atoms with Gasteiger partial charge in [0.1, 0.15) is 11.4 Å². The predicted molar refractivity (Wildman–Crippen MR) is 55.4 cm³/mol. The molecule has 0 saturated heterocycles. The molecule has 17 heavy (non-hydrogen) atoms. The summed E-state index contributed by atoms with van der Waals surface area (Å²) in [5.41, 5.74) is -1.01. The van der Waals surface area contributed by atoms with E-state index in [0.29, 0.717) is 0 Å². The summed E-state index contributed by atoms with van der Waals surface area (Å²) in [6.07, 6.45) is 0. The molecular formula is C10H11NO6. The van der Waals surface area contributed by atoms with Gasteiger partial charge in [-0.1, -0.05) is 0 Å². The molecule has 0 atom stereocenters. The van der Waals surface area contributed by atoms with Crippen LogP contribution in [0.3, 0.4) is 0 Å². The molecule has 0 saturated carbocycles. The monoisotopic (exact) mass is 241 g/mol. The Bertz CT molecular complexity index is 487. The largest absolute Gasteiger partial charge is 0.477 e. The van der Waals surface area contributed by atoms with Crippen molar-refractivity contribution in [2.75, 3.05) is 6.61 Å². The zero-order valence-corrected chi connectivity index (χ0v) is 9.23. The van der Waals surface area contributed by atoms with Gasteiger partial charge in [0.25, 0.3) is 0 Å². The van der Waals surface area contributed by atoms with E-state index in [-0.39, 0.29) is 23.4 Å². The molecule has 0 aromatic carbocycles. The van der Waals surface area contributed by atoms with Gasteiger partial charge < -0.3 is 19.9 Å². The molecule has 1 aromatic rings. The van der Waals surface area contributed by atoms with E-state index in [1.165, 1.54) is 6.92 Å². The van der Waals surface area contributed by atoms with Crippen molar-refractivity contribution in [3.63, 3.8) is 0 Å². The maximum absolute atomic E-state index is 11.5. The summed E-state index contributed by atoms with van der Waals surface area (Å²) >= 11 is 0. The maximum Gasteiger partial charge on any atom is 0.353 e. The predicted octanol–water partition coefficient (Wildman–Crippen LogP) is 0.896. The van der Waals surface area contributed by atoms with Gasteiger partial charge >= 0.3 is 17.9 Å². The Morgan fingerprint density at radius 2 is 1.71 bits per heavy atom. The lowest BCUT2D eigenvalue weighted by Crippen LogP contribution is -2.11. The highest BCUT2D eigenvalue weighted by molar-refractivity contribution is 6.05. The lowest BCUT2D eigenvalue weighted by Gasteiger charge is -2.01.